The molecule has 170 valence electrons. The van der Waals surface area contributed by atoms with Gasteiger partial charge in [0.2, 0.25) is 0 Å². The van der Waals surface area contributed by atoms with Crippen molar-refractivity contribution in [2.45, 2.75) is 65.6 Å². The van der Waals surface area contributed by atoms with Crippen molar-refractivity contribution in [3.63, 3.8) is 0 Å². The first kappa shape index (κ1) is 23.1. The van der Waals surface area contributed by atoms with Crippen LogP contribution in [0, 0.1) is 13.8 Å². The van der Waals surface area contributed by atoms with E-state index in [9.17, 15) is 0 Å². The summed E-state index contributed by atoms with van der Waals surface area (Å²) in [4.78, 5) is 4.81. The second-order valence-electron chi connectivity index (χ2n) is 8.08. The SMILES string of the molecule is CCCCNC(=NCc1ccc(C)cc1OCC1CCCO1)NCc1nnc(C)n1C. The number of nitrogens with one attached hydrogen (secondary N) is 2. The first-order valence-corrected chi connectivity index (χ1v) is 11.3. The summed E-state index contributed by atoms with van der Waals surface area (Å²) in [6, 6.07) is 6.28. The van der Waals surface area contributed by atoms with E-state index in [0.717, 1.165) is 67.8 Å². The monoisotopic (exact) mass is 428 g/mol. The molecule has 0 saturated carbocycles. The lowest BCUT2D eigenvalue weighted by Gasteiger charge is -2.16. The van der Waals surface area contributed by atoms with E-state index in [4.69, 9.17) is 14.5 Å². The molecular formula is C23H36N6O2. The topological polar surface area (TPSA) is 85.6 Å². The molecule has 0 amide bonds. The van der Waals surface area contributed by atoms with Gasteiger partial charge in [0.25, 0.3) is 0 Å². The zero-order valence-electron chi connectivity index (χ0n) is 19.3. The average molecular weight is 429 g/mol. The van der Waals surface area contributed by atoms with Gasteiger partial charge in [0, 0.05) is 25.8 Å². The molecule has 1 unspecified atom stereocenters. The van der Waals surface area contributed by atoms with Gasteiger partial charge in [0.05, 0.1) is 19.2 Å². The van der Waals surface area contributed by atoms with Crippen LogP contribution in [-0.4, -0.2) is 46.6 Å². The quantitative estimate of drug-likeness (QED) is 0.344. The van der Waals surface area contributed by atoms with E-state index in [1.165, 1.54) is 5.56 Å². The molecule has 1 saturated heterocycles. The highest BCUT2D eigenvalue weighted by Crippen LogP contribution is 2.23. The van der Waals surface area contributed by atoms with Gasteiger partial charge in [-0.05, 0) is 44.7 Å². The molecule has 2 aromatic rings. The fourth-order valence-electron chi connectivity index (χ4n) is 3.38. The molecule has 0 radical (unpaired) electrons. The van der Waals surface area contributed by atoms with E-state index in [2.05, 4.69) is 52.9 Å². The summed E-state index contributed by atoms with van der Waals surface area (Å²) < 4.78 is 13.8. The van der Waals surface area contributed by atoms with Crippen LogP contribution in [0.2, 0.25) is 0 Å². The number of hydrogen-bond acceptors (Lipinski definition) is 5. The predicted molar refractivity (Wildman–Crippen MR) is 122 cm³/mol. The Morgan fingerprint density at radius 3 is 2.87 bits per heavy atom. The number of unbranched alkanes of at least 4 members (excludes halogenated alkanes) is 1. The average Bonchev–Trinajstić information content (AvgIpc) is 3.40. The maximum atomic E-state index is 6.12. The highest BCUT2D eigenvalue weighted by Gasteiger charge is 2.17. The Hall–Kier alpha value is -2.61. The molecule has 1 aromatic carbocycles. The number of aliphatic imine (C=N–C) groups is 1. The summed E-state index contributed by atoms with van der Waals surface area (Å²) in [5.74, 6) is 3.41. The third kappa shape index (κ3) is 6.95. The third-order valence-electron chi connectivity index (χ3n) is 5.50. The largest absolute Gasteiger partial charge is 0.491 e. The van der Waals surface area contributed by atoms with E-state index in [1.807, 2.05) is 18.5 Å². The maximum absolute atomic E-state index is 6.12. The van der Waals surface area contributed by atoms with Crippen molar-refractivity contribution in [1.29, 1.82) is 0 Å². The minimum atomic E-state index is 0.194. The van der Waals surface area contributed by atoms with Gasteiger partial charge in [-0.15, -0.1) is 10.2 Å². The molecule has 31 heavy (non-hydrogen) atoms. The molecule has 1 aliphatic heterocycles. The predicted octanol–water partition coefficient (Wildman–Crippen LogP) is 3.03. The lowest BCUT2D eigenvalue weighted by atomic mass is 10.1. The van der Waals surface area contributed by atoms with Crippen LogP contribution in [-0.2, 0) is 24.9 Å². The molecule has 2 heterocycles. The molecule has 8 heteroatoms. The minimum Gasteiger partial charge on any atom is -0.491 e. The number of aryl methyl sites for hydroxylation is 2. The normalized spacial score (nSPS) is 16.5. The first-order chi connectivity index (χ1) is 15.1. The molecule has 1 aromatic heterocycles. The van der Waals surface area contributed by atoms with Crippen molar-refractivity contribution in [1.82, 2.24) is 25.4 Å². The molecule has 0 bridgehead atoms. The number of guanidine groups is 1. The second-order valence-corrected chi connectivity index (χ2v) is 8.08. The zero-order chi connectivity index (χ0) is 22.1. The maximum Gasteiger partial charge on any atom is 0.191 e. The van der Waals surface area contributed by atoms with Crippen LogP contribution in [0.1, 0.15) is 55.4 Å². The van der Waals surface area contributed by atoms with Crippen LogP contribution in [0.25, 0.3) is 0 Å². The number of rotatable bonds is 10. The van der Waals surface area contributed by atoms with Crippen molar-refractivity contribution >= 4 is 5.96 Å². The molecule has 0 spiro atoms. The Morgan fingerprint density at radius 1 is 1.29 bits per heavy atom. The zero-order valence-corrected chi connectivity index (χ0v) is 19.3. The van der Waals surface area contributed by atoms with Gasteiger partial charge in [-0.1, -0.05) is 25.5 Å². The van der Waals surface area contributed by atoms with Gasteiger partial charge in [-0.2, -0.15) is 0 Å². The number of ether oxygens (including phenoxy) is 2. The molecule has 1 fully saturated rings. The highest BCUT2D eigenvalue weighted by molar-refractivity contribution is 5.79. The molecule has 2 N–H and O–H groups in total. The lowest BCUT2D eigenvalue weighted by Crippen LogP contribution is -2.38. The Bertz CT molecular complexity index is 858. The fraction of sp³-hybridized carbons (Fsp3) is 0.609. The van der Waals surface area contributed by atoms with Gasteiger partial charge in [-0.25, -0.2) is 4.99 Å². The fourth-order valence-corrected chi connectivity index (χ4v) is 3.38. The molecule has 0 aliphatic carbocycles. The first-order valence-electron chi connectivity index (χ1n) is 11.3. The van der Waals surface area contributed by atoms with E-state index in [1.54, 1.807) is 0 Å². The van der Waals surface area contributed by atoms with Gasteiger partial charge < -0.3 is 24.7 Å². The highest BCUT2D eigenvalue weighted by atomic mass is 16.5. The van der Waals surface area contributed by atoms with Crippen molar-refractivity contribution in [2.24, 2.45) is 12.0 Å². The van der Waals surface area contributed by atoms with Gasteiger partial charge in [0.15, 0.2) is 11.8 Å². The van der Waals surface area contributed by atoms with Crippen molar-refractivity contribution in [3.05, 3.63) is 41.0 Å². The summed E-state index contributed by atoms with van der Waals surface area (Å²) in [5.41, 5.74) is 2.24. The smallest absolute Gasteiger partial charge is 0.191 e. The summed E-state index contributed by atoms with van der Waals surface area (Å²) >= 11 is 0. The molecular weight excluding hydrogens is 392 g/mol. The Kier molecular flexibility index (Phi) is 8.70. The molecule has 1 atom stereocenters. The Labute approximate surface area is 185 Å². The van der Waals surface area contributed by atoms with Gasteiger partial charge >= 0.3 is 0 Å². The molecule has 1 aliphatic rings. The lowest BCUT2D eigenvalue weighted by molar-refractivity contribution is 0.0676. The molecule has 3 rings (SSSR count). The second kappa shape index (κ2) is 11.7. The summed E-state index contributed by atoms with van der Waals surface area (Å²) in [6.45, 7) is 9.59. The standard InChI is InChI=1S/C23H36N6O2/c1-5-6-11-24-23(26-15-22-28-27-18(3)29(22)4)25-14-19-10-9-17(2)13-21(19)31-16-20-8-7-12-30-20/h9-10,13,20H,5-8,11-12,14-16H2,1-4H3,(H2,24,25,26). The van der Waals surface area contributed by atoms with Gasteiger partial charge in [-0.3, -0.25) is 0 Å². The number of aromatic nitrogens is 3. The summed E-state index contributed by atoms with van der Waals surface area (Å²) in [5, 5.41) is 15.1. The number of benzene rings is 1. The van der Waals surface area contributed by atoms with E-state index in [0.29, 0.717) is 19.7 Å². The van der Waals surface area contributed by atoms with Crippen LogP contribution in [0.3, 0.4) is 0 Å². The van der Waals surface area contributed by atoms with Crippen LogP contribution < -0.4 is 15.4 Å². The number of hydrogen-bond donors (Lipinski definition) is 2. The Morgan fingerprint density at radius 2 is 2.16 bits per heavy atom. The third-order valence-corrected chi connectivity index (χ3v) is 5.50. The van der Waals surface area contributed by atoms with Crippen molar-refractivity contribution < 1.29 is 9.47 Å². The number of nitrogens with zero attached hydrogens (tertiary/aromatic N) is 4. The van der Waals surface area contributed by atoms with E-state index >= 15 is 0 Å². The summed E-state index contributed by atoms with van der Waals surface area (Å²) in [7, 11) is 1.97. The Balaban J connectivity index is 1.66. The van der Waals surface area contributed by atoms with E-state index < -0.39 is 0 Å². The summed E-state index contributed by atoms with van der Waals surface area (Å²) in [6.07, 6.45) is 4.59. The van der Waals surface area contributed by atoms with Crippen LogP contribution in [0.15, 0.2) is 23.2 Å². The van der Waals surface area contributed by atoms with Crippen LogP contribution in [0.5, 0.6) is 5.75 Å². The molecule has 8 nitrogen and oxygen atoms in total. The van der Waals surface area contributed by atoms with Crippen LogP contribution >= 0.6 is 0 Å². The minimum absolute atomic E-state index is 0.194. The van der Waals surface area contributed by atoms with E-state index in [-0.39, 0.29) is 6.10 Å². The van der Waals surface area contributed by atoms with Gasteiger partial charge in [0.1, 0.15) is 18.2 Å². The van der Waals surface area contributed by atoms with Crippen LogP contribution in [0.4, 0.5) is 0 Å². The van der Waals surface area contributed by atoms with Crippen molar-refractivity contribution in [2.75, 3.05) is 19.8 Å². The van der Waals surface area contributed by atoms with Crippen molar-refractivity contribution in [3.8, 4) is 5.75 Å².